The van der Waals surface area contributed by atoms with E-state index in [0.717, 1.165) is 0 Å². The van der Waals surface area contributed by atoms with Gasteiger partial charge in [0.2, 0.25) is 5.91 Å². The lowest BCUT2D eigenvalue weighted by atomic mass is 10.1. The van der Waals surface area contributed by atoms with Crippen LogP contribution in [0.3, 0.4) is 0 Å². The molecule has 2 aromatic carbocycles. The molecule has 10 heteroatoms. The lowest BCUT2D eigenvalue weighted by Gasteiger charge is -2.19. The summed E-state index contributed by atoms with van der Waals surface area (Å²) in [6, 6.07) is 9.76. The number of hydrogen-bond donors (Lipinski definition) is 0. The van der Waals surface area contributed by atoms with Crippen molar-refractivity contribution in [3.05, 3.63) is 53.9 Å². The first-order chi connectivity index (χ1) is 16.3. The van der Waals surface area contributed by atoms with Crippen molar-refractivity contribution in [2.75, 3.05) is 51.3 Å². The predicted octanol–water partition coefficient (Wildman–Crippen LogP) is 3.46. The number of carbonyl (C=O) groups excluding carboxylic acids is 1. The Labute approximate surface area is 196 Å². The van der Waals surface area contributed by atoms with Gasteiger partial charge < -0.3 is 19.3 Å². The molecule has 1 aromatic heterocycles. The number of carbonyl (C=O) groups is 1. The first kappa shape index (κ1) is 23.6. The molecule has 0 radical (unpaired) electrons. The minimum Gasteiger partial charge on any atom is -0.495 e. The quantitative estimate of drug-likeness (QED) is 0.501. The number of rotatable bonds is 8. The van der Waals surface area contributed by atoms with E-state index < -0.39 is 11.6 Å². The van der Waals surface area contributed by atoms with Gasteiger partial charge in [-0.15, -0.1) is 0 Å². The molecule has 8 nitrogen and oxygen atoms in total. The predicted molar refractivity (Wildman–Crippen MR) is 124 cm³/mol. The van der Waals surface area contributed by atoms with Gasteiger partial charge in [-0.05, 0) is 24.3 Å². The lowest BCUT2D eigenvalue weighted by molar-refractivity contribution is -0.117. The van der Waals surface area contributed by atoms with E-state index >= 15 is 0 Å². The van der Waals surface area contributed by atoms with Crippen molar-refractivity contribution in [1.29, 1.82) is 0 Å². The third-order valence-corrected chi connectivity index (χ3v) is 5.80. The van der Waals surface area contributed by atoms with E-state index in [1.165, 1.54) is 17.0 Å². The van der Waals surface area contributed by atoms with Gasteiger partial charge in [0.15, 0.2) is 5.82 Å². The van der Waals surface area contributed by atoms with Crippen LogP contribution in [0.5, 0.6) is 5.75 Å². The van der Waals surface area contributed by atoms with Crippen LogP contribution in [0.1, 0.15) is 18.2 Å². The second-order valence-corrected chi connectivity index (χ2v) is 8.27. The molecule has 1 saturated heterocycles. The Hall–Kier alpha value is -3.53. The van der Waals surface area contributed by atoms with E-state index in [2.05, 4.69) is 10.1 Å². The molecule has 1 fully saturated rings. The fourth-order valence-corrected chi connectivity index (χ4v) is 4.21. The van der Waals surface area contributed by atoms with Crippen molar-refractivity contribution >= 4 is 17.3 Å². The second-order valence-electron chi connectivity index (χ2n) is 8.27. The maximum absolute atomic E-state index is 14.6. The lowest BCUT2D eigenvalue weighted by Crippen LogP contribution is -2.25. The van der Waals surface area contributed by atoms with Gasteiger partial charge in [-0.2, -0.15) is 5.10 Å². The zero-order valence-electron chi connectivity index (χ0n) is 19.6. The molecule has 0 N–H and O–H groups in total. The van der Waals surface area contributed by atoms with Gasteiger partial charge in [0, 0.05) is 45.7 Å². The fourth-order valence-electron chi connectivity index (χ4n) is 4.21. The Morgan fingerprint density at radius 3 is 2.50 bits per heavy atom. The number of aromatic nitrogens is 3. The summed E-state index contributed by atoms with van der Waals surface area (Å²) in [6.07, 6.45) is 0.228. The highest BCUT2D eigenvalue weighted by molar-refractivity contribution is 5.97. The molecule has 3 aromatic rings. The van der Waals surface area contributed by atoms with Crippen LogP contribution in [0, 0.1) is 11.6 Å². The molecule has 34 heavy (non-hydrogen) atoms. The molecule has 0 spiro atoms. The number of nitrogens with zero attached hydrogens (tertiary/aromatic N) is 5. The summed E-state index contributed by atoms with van der Waals surface area (Å²) in [5, 5.41) is 4.50. The van der Waals surface area contributed by atoms with Gasteiger partial charge in [-0.25, -0.2) is 18.4 Å². The number of halogens is 2. The minimum absolute atomic E-state index is 0.0650. The maximum atomic E-state index is 14.6. The summed E-state index contributed by atoms with van der Waals surface area (Å²) in [7, 11) is 6.28. The Kier molecular flexibility index (Phi) is 6.78. The van der Waals surface area contributed by atoms with Crippen LogP contribution in [-0.4, -0.2) is 62.1 Å². The van der Waals surface area contributed by atoms with E-state index in [1.807, 2.05) is 18.2 Å². The number of benzene rings is 2. The number of ether oxygens (including phenoxy) is 2. The fraction of sp³-hybridized carbons (Fsp3) is 0.375. The average molecular weight is 472 g/mol. The average Bonchev–Trinajstić information content (AvgIpc) is 3.40. The molecule has 1 unspecified atom stereocenters. The van der Waals surface area contributed by atoms with E-state index in [0.29, 0.717) is 37.0 Å². The molecular weight excluding hydrogens is 444 g/mol. The standard InChI is InChI=1S/C24H27F2N5O3/c1-29(2)22-17(25)11-15(12-18(22)26)23-27-24(31(28-23)9-10-33-3)16-13-21(32)30(14-16)19-7-5-6-8-20(19)34-4/h5-8,11-12,16H,9-10,13-14H2,1-4H3. The van der Waals surface area contributed by atoms with E-state index in [4.69, 9.17) is 9.47 Å². The molecular formula is C24H27F2N5O3. The first-order valence-corrected chi connectivity index (χ1v) is 10.9. The topological polar surface area (TPSA) is 72.7 Å². The smallest absolute Gasteiger partial charge is 0.227 e. The molecule has 0 saturated carbocycles. The van der Waals surface area contributed by atoms with Crippen LogP contribution in [-0.2, 0) is 16.1 Å². The minimum atomic E-state index is -0.701. The third kappa shape index (κ3) is 4.45. The van der Waals surface area contributed by atoms with Crippen LogP contribution in [0.4, 0.5) is 20.2 Å². The molecule has 2 heterocycles. The highest BCUT2D eigenvalue weighted by Crippen LogP contribution is 2.36. The summed E-state index contributed by atoms with van der Waals surface area (Å²) in [5.74, 6) is -0.366. The molecule has 1 aliphatic rings. The monoisotopic (exact) mass is 471 g/mol. The Balaban J connectivity index is 1.69. The number of amides is 1. The van der Waals surface area contributed by atoms with Gasteiger partial charge in [0.1, 0.15) is 28.9 Å². The Bertz CT molecular complexity index is 1170. The molecule has 180 valence electrons. The summed E-state index contributed by atoms with van der Waals surface area (Å²) >= 11 is 0. The van der Waals surface area contributed by atoms with Gasteiger partial charge in [-0.3, -0.25) is 4.79 Å². The van der Waals surface area contributed by atoms with Crippen LogP contribution in [0.2, 0.25) is 0 Å². The van der Waals surface area contributed by atoms with E-state index in [-0.39, 0.29) is 35.3 Å². The number of hydrogen-bond acceptors (Lipinski definition) is 6. The summed E-state index contributed by atoms with van der Waals surface area (Å²) in [5.41, 5.74) is 0.782. The first-order valence-electron chi connectivity index (χ1n) is 10.9. The van der Waals surface area contributed by atoms with E-state index in [9.17, 15) is 13.6 Å². The van der Waals surface area contributed by atoms with Gasteiger partial charge in [0.25, 0.3) is 0 Å². The van der Waals surface area contributed by atoms with Gasteiger partial charge in [0.05, 0.1) is 25.9 Å². The number of para-hydroxylation sites is 2. The maximum Gasteiger partial charge on any atom is 0.227 e. The molecule has 0 aliphatic carbocycles. The normalized spacial score (nSPS) is 15.8. The van der Waals surface area contributed by atoms with Crippen molar-refractivity contribution in [1.82, 2.24) is 14.8 Å². The molecule has 0 bridgehead atoms. The van der Waals surface area contributed by atoms with E-state index in [1.54, 1.807) is 44.0 Å². The largest absolute Gasteiger partial charge is 0.495 e. The highest BCUT2D eigenvalue weighted by Gasteiger charge is 2.36. The molecule has 1 amide bonds. The van der Waals surface area contributed by atoms with Crippen molar-refractivity contribution in [3.63, 3.8) is 0 Å². The Morgan fingerprint density at radius 1 is 1.15 bits per heavy atom. The Morgan fingerprint density at radius 2 is 1.85 bits per heavy atom. The van der Waals surface area contributed by atoms with Gasteiger partial charge in [-0.1, -0.05) is 12.1 Å². The summed E-state index contributed by atoms with van der Waals surface area (Å²) in [6.45, 7) is 1.14. The van der Waals surface area contributed by atoms with Crippen molar-refractivity contribution in [3.8, 4) is 17.1 Å². The van der Waals surface area contributed by atoms with Crippen molar-refractivity contribution < 1.29 is 23.0 Å². The molecule has 1 aliphatic heterocycles. The van der Waals surface area contributed by atoms with Crippen LogP contribution < -0.4 is 14.5 Å². The number of anilines is 2. The SMILES string of the molecule is COCCn1nc(-c2cc(F)c(N(C)C)c(F)c2)nc1C1CC(=O)N(c2ccccc2OC)C1. The highest BCUT2D eigenvalue weighted by atomic mass is 19.1. The second kappa shape index (κ2) is 9.76. The van der Waals surface area contributed by atoms with Gasteiger partial charge >= 0.3 is 0 Å². The van der Waals surface area contributed by atoms with Crippen LogP contribution >= 0.6 is 0 Å². The number of methoxy groups -OCH3 is 2. The summed E-state index contributed by atoms with van der Waals surface area (Å²) in [4.78, 5) is 20.6. The molecule has 4 rings (SSSR count). The van der Waals surface area contributed by atoms with Crippen molar-refractivity contribution in [2.24, 2.45) is 0 Å². The summed E-state index contributed by atoms with van der Waals surface area (Å²) < 4.78 is 41.4. The zero-order chi connectivity index (χ0) is 24.4. The van der Waals surface area contributed by atoms with Crippen LogP contribution in [0.25, 0.3) is 11.4 Å². The van der Waals surface area contributed by atoms with Crippen molar-refractivity contribution in [2.45, 2.75) is 18.9 Å². The zero-order valence-corrected chi connectivity index (χ0v) is 19.6. The third-order valence-electron chi connectivity index (χ3n) is 5.80. The van der Waals surface area contributed by atoms with Crippen LogP contribution in [0.15, 0.2) is 36.4 Å². The molecule has 1 atom stereocenters.